The number of anilines is 3. The van der Waals surface area contributed by atoms with Crippen LogP contribution in [0.5, 0.6) is 11.6 Å². The van der Waals surface area contributed by atoms with Crippen molar-refractivity contribution in [3.8, 4) is 11.6 Å². The highest BCUT2D eigenvalue weighted by molar-refractivity contribution is 5.98. The lowest BCUT2D eigenvalue weighted by atomic mass is 10.3. The minimum Gasteiger partial charge on any atom is -0.439 e. The zero-order valence-corrected chi connectivity index (χ0v) is 15.4. The smallest absolute Gasteiger partial charge is 0.333 e. The Balaban J connectivity index is 1.57. The Morgan fingerprint density at radius 2 is 2.03 bits per heavy atom. The van der Waals surface area contributed by atoms with Crippen LogP contribution >= 0.6 is 0 Å². The summed E-state index contributed by atoms with van der Waals surface area (Å²) in [6.45, 7) is 0.679. The monoisotopic (exact) mass is 411 g/mol. The Kier molecular flexibility index (Phi) is 5.08. The number of aromatic nitrogens is 5. The van der Waals surface area contributed by atoms with Gasteiger partial charge in [-0.05, 0) is 24.3 Å². The fourth-order valence-corrected chi connectivity index (χ4v) is 2.60. The van der Waals surface area contributed by atoms with Gasteiger partial charge in [-0.3, -0.25) is 4.79 Å². The molecule has 0 atom stereocenters. The molecule has 0 saturated carbocycles. The quantitative estimate of drug-likeness (QED) is 0.447. The van der Waals surface area contributed by atoms with E-state index in [0.29, 0.717) is 33.3 Å². The third kappa shape index (κ3) is 4.09. The summed E-state index contributed by atoms with van der Waals surface area (Å²) in [4.78, 5) is 15.8. The maximum Gasteiger partial charge on any atom is 0.333 e. The number of ether oxygens (including phenoxy) is 1. The van der Waals surface area contributed by atoms with Crippen LogP contribution in [0.25, 0.3) is 5.65 Å². The van der Waals surface area contributed by atoms with Crippen molar-refractivity contribution in [3.05, 3.63) is 67.5 Å². The predicted octanol–water partition coefficient (Wildman–Crippen LogP) is 3.98. The summed E-state index contributed by atoms with van der Waals surface area (Å²) >= 11 is 0. The van der Waals surface area contributed by atoms with Gasteiger partial charge in [-0.15, -0.1) is 5.10 Å². The summed E-state index contributed by atoms with van der Waals surface area (Å²) < 4.78 is 33.2. The maximum absolute atomic E-state index is 12.7. The van der Waals surface area contributed by atoms with Crippen LogP contribution in [0.15, 0.2) is 67.5 Å². The SMILES string of the molecule is C=CC(=O)Nc1cccc(Oc2cccc3nc(Nc4cnn(C(F)F)c4)nn23)c1. The first-order chi connectivity index (χ1) is 14.5. The summed E-state index contributed by atoms with van der Waals surface area (Å²) in [6.07, 6.45) is 3.57. The third-order valence-electron chi connectivity index (χ3n) is 3.89. The number of halogens is 2. The van der Waals surface area contributed by atoms with E-state index < -0.39 is 6.55 Å². The molecule has 30 heavy (non-hydrogen) atoms. The Morgan fingerprint density at radius 3 is 2.80 bits per heavy atom. The van der Waals surface area contributed by atoms with Gasteiger partial charge in [0.25, 0.3) is 0 Å². The van der Waals surface area contributed by atoms with E-state index in [1.165, 1.54) is 16.8 Å². The Hall–Kier alpha value is -4.28. The highest BCUT2D eigenvalue weighted by Crippen LogP contribution is 2.25. The van der Waals surface area contributed by atoms with Crippen molar-refractivity contribution < 1.29 is 18.3 Å². The summed E-state index contributed by atoms with van der Waals surface area (Å²) in [5, 5.41) is 13.3. The molecule has 0 saturated heterocycles. The van der Waals surface area contributed by atoms with Crippen molar-refractivity contribution in [2.45, 2.75) is 6.55 Å². The third-order valence-corrected chi connectivity index (χ3v) is 3.89. The fraction of sp³-hybridized carbons (Fsp3) is 0.0526. The average molecular weight is 411 g/mol. The molecule has 0 bridgehead atoms. The van der Waals surface area contributed by atoms with E-state index in [9.17, 15) is 13.6 Å². The van der Waals surface area contributed by atoms with Crippen LogP contribution in [-0.4, -0.2) is 30.3 Å². The Bertz CT molecular complexity index is 1220. The molecule has 3 heterocycles. The van der Waals surface area contributed by atoms with Crippen molar-refractivity contribution in [1.82, 2.24) is 24.4 Å². The molecule has 0 aliphatic heterocycles. The zero-order valence-electron chi connectivity index (χ0n) is 15.4. The lowest BCUT2D eigenvalue weighted by molar-refractivity contribution is -0.111. The van der Waals surface area contributed by atoms with Crippen molar-refractivity contribution in [2.24, 2.45) is 0 Å². The van der Waals surface area contributed by atoms with Gasteiger partial charge in [0.05, 0.1) is 18.1 Å². The minimum atomic E-state index is -2.73. The minimum absolute atomic E-state index is 0.187. The van der Waals surface area contributed by atoms with Crippen molar-refractivity contribution in [3.63, 3.8) is 0 Å². The normalized spacial score (nSPS) is 10.9. The van der Waals surface area contributed by atoms with Crippen LogP contribution < -0.4 is 15.4 Å². The van der Waals surface area contributed by atoms with Gasteiger partial charge in [0.2, 0.25) is 17.7 Å². The number of amides is 1. The van der Waals surface area contributed by atoms with Crippen LogP contribution in [0.3, 0.4) is 0 Å². The largest absolute Gasteiger partial charge is 0.439 e. The van der Waals surface area contributed by atoms with Crippen molar-refractivity contribution >= 4 is 28.9 Å². The highest BCUT2D eigenvalue weighted by Gasteiger charge is 2.12. The van der Waals surface area contributed by atoms with Gasteiger partial charge in [-0.2, -0.15) is 23.4 Å². The fourth-order valence-electron chi connectivity index (χ4n) is 2.60. The number of nitrogens with zero attached hydrogens (tertiary/aromatic N) is 5. The molecule has 4 aromatic rings. The molecule has 2 N–H and O–H groups in total. The van der Waals surface area contributed by atoms with E-state index in [4.69, 9.17) is 4.74 Å². The van der Waals surface area contributed by atoms with Crippen LogP contribution in [0.1, 0.15) is 6.55 Å². The first-order valence-electron chi connectivity index (χ1n) is 8.68. The summed E-state index contributed by atoms with van der Waals surface area (Å²) in [6, 6.07) is 12.0. The molecule has 0 spiro atoms. The van der Waals surface area contributed by atoms with E-state index in [1.54, 1.807) is 42.5 Å². The molecule has 0 aliphatic carbocycles. The molecule has 9 nitrogen and oxygen atoms in total. The standard InChI is InChI=1S/C19H15F2N7O2/c1-2-16(29)23-12-5-3-6-14(9-12)30-17-8-4-7-15-25-19(26-28(15)17)24-13-10-22-27(11-13)18(20)21/h2-11,18H,1H2,(H,23,29)(H,24,26). The highest BCUT2D eigenvalue weighted by atomic mass is 19.3. The van der Waals surface area contributed by atoms with Crippen LogP contribution in [0, 0.1) is 0 Å². The summed E-state index contributed by atoms with van der Waals surface area (Å²) in [5.74, 6) is 0.680. The van der Waals surface area contributed by atoms with Gasteiger partial charge in [-0.25, -0.2) is 4.68 Å². The second-order valence-corrected chi connectivity index (χ2v) is 6.00. The second-order valence-electron chi connectivity index (χ2n) is 6.00. The lowest BCUT2D eigenvalue weighted by Gasteiger charge is -2.08. The molecule has 0 radical (unpaired) electrons. The van der Waals surface area contributed by atoms with E-state index >= 15 is 0 Å². The number of carbonyl (C=O) groups excluding carboxylic acids is 1. The molecule has 0 aliphatic rings. The van der Waals surface area contributed by atoms with Crippen LogP contribution in [0.4, 0.5) is 26.1 Å². The first kappa shape index (κ1) is 19.1. The van der Waals surface area contributed by atoms with Gasteiger partial charge in [-0.1, -0.05) is 18.7 Å². The van der Waals surface area contributed by atoms with Gasteiger partial charge in [0.15, 0.2) is 5.65 Å². The van der Waals surface area contributed by atoms with Gasteiger partial charge >= 0.3 is 6.55 Å². The second kappa shape index (κ2) is 7.99. The Morgan fingerprint density at radius 1 is 1.20 bits per heavy atom. The zero-order chi connectivity index (χ0) is 21.1. The summed E-state index contributed by atoms with van der Waals surface area (Å²) in [7, 11) is 0. The van der Waals surface area contributed by atoms with Crippen molar-refractivity contribution in [1.29, 1.82) is 0 Å². The molecule has 152 valence electrons. The van der Waals surface area contributed by atoms with Crippen LogP contribution in [-0.2, 0) is 4.79 Å². The Labute approximate surface area is 168 Å². The van der Waals surface area contributed by atoms with Crippen molar-refractivity contribution in [2.75, 3.05) is 10.6 Å². The molecule has 0 unspecified atom stereocenters. The van der Waals surface area contributed by atoms with E-state index in [0.717, 1.165) is 6.20 Å². The van der Waals surface area contributed by atoms with E-state index in [1.807, 2.05) is 0 Å². The molecular formula is C19H15F2N7O2. The maximum atomic E-state index is 12.7. The van der Waals surface area contributed by atoms with E-state index in [2.05, 4.69) is 32.4 Å². The van der Waals surface area contributed by atoms with E-state index in [-0.39, 0.29) is 11.9 Å². The first-order valence-corrected chi connectivity index (χ1v) is 8.68. The molecule has 3 aromatic heterocycles. The number of hydrogen-bond donors (Lipinski definition) is 2. The molecule has 1 amide bonds. The van der Waals surface area contributed by atoms with Gasteiger partial charge in [0, 0.05) is 17.8 Å². The lowest BCUT2D eigenvalue weighted by Crippen LogP contribution is -2.07. The number of rotatable bonds is 7. The number of alkyl halides is 2. The number of pyridine rings is 1. The number of fused-ring (bicyclic) bond motifs is 1. The number of nitrogens with one attached hydrogen (secondary N) is 2. The number of hydrogen-bond acceptors (Lipinski definition) is 6. The van der Waals surface area contributed by atoms with Gasteiger partial charge in [0.1, 0.15) is 5.75 Å². The molecule has 4 rings (SSSR count). The number of carbonyl (C=O) groups is 1. The summed E-state index contributed by atoms with van der Waals surface area (Å²) in [5.41, 5.74) is 1.34. The predicted molar refractivity (Wildman–Crippen MR) is 105 cm³/mol. The van der Waals surface area contributed by atoms with Gasteiger partial charge < -0.3 is 15.4 Å². The topological polar surface area (TPSA) is 98.4 Å². The average Bonchev–Trinajstić information content (AvgIpc) is 3.36. The molecule has 11 heteroatoms. The molecular weight excluding hydrogens is 396 g/mol. The number of benzene rings is 1. The van der Waals surface area contributed by atoms with Crippen LogP contribution in [0.2, 0.25) is 0 Å². The molecule has 0 fully saturated rings. The molecule has 1 aromatic carbocycles.